The fourth-order valence-corrected chi connectivity index (χ4v) is 3.20. The Hall–Kier alpha value is -2.30. The third-order valence-corrected chi connectivity index (χ3v) is 4.74. The second-order valence-electron chi connectivity index (χ2n) is 6.72. The minimum absolute atomic E-state index is 0.198. The van der Waals surface area contributed by atoms with Crippen LogP contribution in [0.1, 0.15) is 45.3 Å². The lowest BCUT2D eigenvalue weighted by Gasteiger charge is -2.16. The molecule has 0 spiro atoms. The maximum atomic E-state index is 12.3. The van der Waals surface area contributed by atoms with E-state index in [-0.39, 0.29) is 5.82 Å². The van der Waals surface area contributed by atoms with E-state index in [0.29, 0.717) is 17.7 Å². The molecular formula is C17H26N6O4. The number of nitrogens with zero attached hydrogens (tertiary/aromatic N) is 4. The van der Waals surface area contributed by atoms with Gasteiger partial charge in [-0.05, 0) is 6.42 Å². The summed E-state index contributed by atoms with van der Waals surface area (Å²) in [6.45, 7) is 2.65. The van der Waals surface area contributed by atoms with Crippen LogP contribution in [0.5, 0.6) is 0 Å². The molecule has 2 aromatic rings. The Morgan fingerprint density at radius 1 is 1.22 bits per heavy atom. The van der Waals surface area contributed by atoms with Gasteiger partial charge in [0, 0.05) is 6.54 Å². The number of hydrogen-bond acceptors (Lipinski definition) is 8. The number of anilines is 1. The van der Waals surface area contributed by atoms with Crippen LogP contribution in [-0.2, 0) is 9.53 Å². The number of amides is 1. The predicted molar refractivity (Wildman–Crippen MR) is 97.4 cm³/mol. The molecule has 0 aromatic carbocycles. The second-order valence-corrected chi connectivity index (χ2v) is 6.72. The summed E-state index contributed by atoms with van der Waals surface area (Å²) in [7, 11) is 0. The zero-order valence-electron chi connectivity index (χ0n) is 15.3. The van der Waals surface area contributed by atoms with Crippen LogP contribution in [-0.4, -0.2) is 60.5 Å². The van der Waals surface area contributed by atoms with Crippen molar-refractivity contribution in [3.05, 3.63) is 12.7 Å². The smallest absolute Gasteiger partial charge is 0.252 e. The number of hydrogen-bond donors (Lipinski definition) is 4. The molecule has 0 aliphatic carbocycles. The van der Waals surface area contributed by atoms with Crippen LogP contribution in [0.2, 0.25) is 0 Å². The standard InChI is InChI=1S/C17H26N6O4/c1-2-3-4-5-6-7-19-16(26)13-11(24)12(25)17(27-13)23-9-22-10-14(18)20-8-21-15(10)23/h8-9,11-13,17,24-25H,2-7H2,1H3,(H,19,26)(H2,18,20,21)/t11-,12+,13-,17?/m0/s1. The molecule has 0 saturated carbocycles. The molecule has 10 heteroatoms. The third kappa shape index (κ3) is 4.02. The number of aliphatic hydroxyl groups is 2. The Bertz CT molecular complexity index is 782. The van der Waals surface area contributed by atoms with E-state index in [9.17, 15) is 15.0 Å². The third-order valence-electron chi connectivity index (χ3n) is 4.74. The molecule has 148 valence electrons. The second kappa shape index (κ2) is 8.59. The van der Waals surface area contributed by atoms with Crippen molar-refractivity contribution in [1.29, 1.82) is 0 Å². The lowest BCUT2D eigenvalue weighted by Crippen LogP contribution is -2.43. The van der Waals surface area contributed by atoms with Crippen molar-refractivity contribution in [3.63, 3.8) is 0 Å². The number of imidazole rings is 1. The minimum atomic E-state index is -1.35. The number of nitrogen functional groups attached to an aromatic ring is 1. The number of nitrogens with one attached hydrogen (secondary N) is 1. The SMILES string of the molecule is CCCCCCCNC(=O)[C@H]1OC(n2cnc3c(N)ncnc32)[C@H](O)[C@@H]1O. The van der Waals surface area contributed by atoms with E-state index in [2.05, 4.69) is 27.2 Å². The van der Waals surface area contributed by atoms with Gasteiger partial charge in [0.2, 0.25) is 0 Å². The van der Waals surface area contributed by atoms with Gasteiger partial charge in [-0.15, -0.1) is 0 Å². The highest BCUT2D eigenvalue weighted by molar-refractivity contribution is 5.82. The normalized spacial score (nSPS) is 25.1. The van der Waals surface area contributed by atoms with Gasteiger partial charge in [0.1, 0.15) is 24.1 Å². The molecule has 1 amide bonds. The fraction of sp³-hybridized carbons (Fsp3) is 0.647. The molecule has 3 heterocycles. The number of carbonyl (C=O) groups excluding carboxylic acids is 1. The van der Waals surface area contributed by atoms with Crippen LogP contribution in [0.3, 0.4) is 0 Å². The summed E-state index contributed by atoms with van der Waals surface area (Å²) >= 11 is 0. The molecule has 0 bridgehead atoms. The van der Waals surface area contributed by atoms with Crippen molar-refractivity contribution in [1.82, 2.24) is 24.8 Å². The summed E-state index contributed by atoms with van der Waals surface area (Å²) in [5, 5.41) is 23.4. The quantitative estimate of drug-likeness (QED) is 0.473. The molecule has 27 heavy (non-hydrogen) atoms. The van der Waals surface area contributed by atoms with E-state index < -0.39 is 30.4 Å². The lowest BCUT2D eigenvalue weighted by atomic mass is 10.1. The Morgan fingerprint density at radius 3 is 2.78 bits per heavy atom. The average molecular weight is 378 g/mol. The van der Waals surface area contributed by atoms with E-state index in [1.807, 2.05) is 0 Å². The van der Waals surface area contributed by atoms with E-state index in [1.165, 1.54) is 23.6 Å². The van der Waals surface area contributed by atoms with Crippen molar-refractivity contribution >= 4 is 22.9 Å². The van der Waals surface area contributed by atoms with Crippen molar-refractivity contribution in [2.45, 2.75) is 63.6 Å². The number of aromatic nitrogens is 4. The summed E-state index contributed by atoms with van der Waals surface area (Å²) in [5.74, 6) is -0.248. The Balaban J connectivity index is 1.63. The van der Waals surface area contributed by atoms with Crippen LogP contribution in [0.25, 0.3) is 11.2 Å². The largest absolute Gasteiger partial charge is 0.387 e. The van der Waals surface area contributed by atoms with Crippen LogP contribution >= 0.6 is 0 Å². The average Bonchev–Trinajstić information content (AvgIpc) is 3.21. The highest BCUT2D eigenvalue weighted by Crippen LogP contribution is 2.32. The molecule has 3 rings (SSSR count). The Labute approximate surface area is 156 Å². The highest BCUT2D eigenvalue weighted by atomic mass is 16.6. The van der Waals surface area contributed by atoms with E-state index in [0.717, 1.165) is 25.7 Å². The van der Waals surface area contributed by atoms with E-state index >= 15 is 0 Å². The molecule has 1 aliphatic rings. The molecule has 1 saturated heterocycles. The van der Waals surface area contributed by atoms with Gasteiger partial charge in [0.15, 0.2) is 23.8 Å². The molecule has 10 nitrogen and oxygen atoms in total. The first-order valence-electron chi connectivity index (χ1n) is 9.27. The topological polar surface area (TPSA) is 148 Å². The number of unbranched alkanes of at least 4 members (excludes halogenated alkanes) is 4. The predicted octanol–water partition coefficient (Wildman–Crippen LogP) is 0.114. The summed E-state index contributed by atoms with van der Waals surface area (Å²) in [4.78, 5) is 24.4. The summed E-state index contributed by atoms with van der Waals surface area (Å²) in [6, 6.07) is 0. The maximum Gasteiger partial charge on any atom is 0.252 e. The van der Waals surface area contributed by atoms with Crippen LogP contribution in [0, 0.1) is 0 Å². The number of carbonyl (C=O) groups is 1. The Morgan fingerprint density at radius 2 is 2.00 bits per heavy atom. The zero-order valence-corrected chi connectivity index (χ0v) is 15.3. The van der Waals surface area contributed by atoms with Crippen molar-refractivity contribution in [2.75, 3.05) is 12.3 Å². The zero-order chi connectivity index (χ0) is 19.4. The van der Waals surface area contributed by atoms with Gasteiger partial charge in [-0.25, -0.2) is 15.0 Å². The van der Waals surface area contributed by atoms with Gasteiger partial charge < -0.3 is 26.0 Å². The number of fused-ring (bicyclic) bond motifs is 1. The molecule has 1 fully saturated rings. The number of aliphatic hydroxyl groups excluding tert-OH is 2. The van der Waals surface area contributed by atoms with Gasteiger partial charge in [-0.2, -0.15) is 0 Å². The molecule has 1 aliphatic heterocycles. The Kier molecular flexibility index (Phi) is 6.19. The summed E-state index contributed by atoms with van der Waals surface area (Å²) in [5.41, 5.74) is 6.48. The molecule has 2 aromatic heterocycles. The van der Waals surface area contributed by atoms with Crippen molar-refractivity contribution in [3.8, 4) is 0 Å². The first-order chi connectivity index (χ1) is 13.0. The fourth-order valence-electron chi connectivity index (χ4n) is 3.20. The van der Waals surface area contributed by atoms with Crippen LogP contribution in [0.15, 0.2) is 12.7 Å². The molecule has 0 radical (unpaired) electrons. The maximum absolute atomic E-state index is 12.3. The van der Waals surface area contributed by atoms with E-state index in [1.54, 1.807) is 0 Å². The van der Waals surface area contributed by atoms with Crippen molar-refractivity contribution < 1.29 is 19.7 Å². The van der Waals surface area contributed by atoms with Crippen LogP contribution in [0.4, 0.5) is 5.82 Å². The monoisotopic (exact) mass is 378 g/mol. The molecule has 5 N–H and O–H groups in total. The summed E-state index contributed by atoms with van der Waals surface area (Å²) < 4.78 is 7.09. The number of rotatable bonds is 8. The number of ether oxygens (including phenoxy) is 1. The highest BCUT2D eigenvalue weighted by Gasteiger charge is 2.47. The van der Waals surface area contributed by atoms with Gasteiger partial charge >= 0.3 is 0 Å². The first kappa shape index (κ1) is 19.5. The van der Waals surface area contributed by atoms with Crippen LogP contribution < -0.4 is 11.1 Å². The first-order valence-corrected chi connectivity index (χ1v) is 9.27. The van der Waals surface area contributed by atoms with Gasteiger partial charge in [-0.3, -0.25) is 9.36 Å². The molecule has 4 atom stereocenters. The van der Waals surface area contributed by atoms with Crippen molar-refractivity contribution in [2.24, 2.45) is 0 Å². The molecule has 1 unspecified atom stereocenters. The minimum Gasteiger partial charge on any atom is -0.387 e. The van der Waals surface area contributed by atoms with E-state index in [4.69, 9.17) is 10.5 Å². The molecular weight excluding hydrogens is 352 g/mol. The number of nitrogens with two attached hydrogens (primary N) is 1. The summed E-state index contributed by atoms with van der Waals surface area (Å²) in [6.07, 6.45) is 3.21. The van der Waals surface area contributed by atoms with Gasteiger partial charge in [0.25, 0.3) is 5.91 Å². The van der Waals surface area contributed by atoms with Gasteiger partial charge in [0.05, 0.1) is 6.33 Å². The lowest BCUT2D eigenvalue weighted by molar-refractivity contribution is -0.137. The van der Waals surface area contributed by atoms with Gasteiger partial charge in [-0.1, -0.05) is 32.6 Å².